The zero-order valence-corrected chi connectivity index (χ0v) is 9.77. The van der Waals surface area contributed by atoms with Crippen LogP contribution in [0.15, 0.2) is 6.20 Å². The summed E-state index contributed by atoms with van der Waals surface area (Å²) >= 11 is 0. The minimum Gasteiger partial charge on any atom is -0.476 e. The second-order valence-corrected chi connectivity index (χ2v) is 3.47. The van der Waals surface area contributed by atoms with Crippen molar-refractivity contribution in [1.82, 2.24) is 15.1 Å². The number of aromatic nitrogens is 2. The van der Waals surface area contributed by atoms with E-state index in [1.165, 1.54) is 10.9 Å². The van der Waals surface area contributed by atoms with E-state index in [1.807, 2.05) is 0 Å². The standard InChI is InChI=1S/C10H15N3O4/c1-13-6-7(8(12-13)10(15)16)9(14)11-4-3-5-17-2/h6H,3-5H2,1-2H3,(H,11,14)(H,15,16). The second-order valence-electron chi connectivity index (χ2n) is 3.47. The Morgan fingerprint density at radius 3 is 2.88 bits per heavy atom. The van der Waals surface area contributed by atoms with Crippen LogP contribution in [0.1, 0.15) is 27.3 Å². The van der Waals surface area contributed by atoms with Crippen LogP contribution in [0.25, 0.3) is 0 Å². The Morgan fingerprint density at radius 1 is 1.59 bits per heavy atom. The minimum absolute atomic E-state index is 0.0671. The molecule has 0 fully saturated rings. The third kappa shape index (κ3) is 3.56. The summed E-state index contributed by atoms with van der Waals surface area (Å²) in [6, 6.07) is 0. The average Bonchev–Trinajstić information content (AvgIpc) is 2.66. The number of carbonyl (C=O) groups is 2. The predicted molar refractivity (Wildman–Crippen MR) is 59.0 cm³/mol. The smallest absolute Gasteiger partial charge is 0.357 e. The lowest BCUT2D eigenvalue weighted by Crippen LogP contribution is -2.26. The molecule has 94 valence electrons. The number of aryl methyl sites for hydroxylation is 1. The first-order valence-corrected chi connectivity index (χ1v) is 5.10. The number of nitrogens with one attached hydrogen (secondary N) is 1. The van der Waals surface area contributed by atoms with E-state index in [0.717, 1.165) is 0 Å². The highest BCUT2D eigenvalue weighted by Gasteiger charge is 2.20. The van der Waals surface area contributed by atoms with Crippen molar-refractivity contribution in [2.75, 3.05) is 20.3 Å². The van der Waals surface area contributed by atoms with Crippen LogP contribution in [-0.4, -0.2) is 47.0 Å². The maximum absolute atomic E-state index is 11.7. The molecule has 1 aromatic heterocycles. The summed E-state index contributed by atoms with van der Waals surface area (Å²) < 4.78 is 6.13. The molecule has 0 saturated carbocycles. The maximum Gasteiger partial charge on any atom is 0.357 e. The van der Waals surface area contributed by atoms with Crippen LogP contribution in [0.4, 0.5) is 0 Å². The van der Waals surface area contributed by atoms with Gasteiger partial charge in [0.2, 0.25) is 0 Å². The fourth-order valence-electron chi connectivity index (χ4n) is 1.33. The molecule has 2 N–H and O–H groups in total. The topological polar surface area (TPSA) is 93.5 Å². The number of methoxy groups -OCH3 is 1. The number of hydrogen-bond donors (Lipinski definition) is 2. The molecule has 0 aliphatic carbocycles. The van der Waals surface area contributed by atoms with Crippen LogP contribution in [0.5, 0.6) is 0 Å². The molecule has 1 aromatic rings. The van der Waals surface area contributed by atoms with Gasteiger partial charge in [-0.2, -0.15) is 5.10 Å². The maximum atomic E-state index is 11.7. The van der Waals surface area contributed by atoms with Crippen molar-refractivity contribution in [2.45, 2.75) is 6.42 Å². The fourth-order valence-corrected chi connectivity index (χ4v) is 1.33. The molecule has 0 unspecified atom stereocenters. The molecule has 1 heterocycles. The summed E-state index contributed by atoms with van der Waals surface area (Å²) in [7, 11) is 3.14. The lowest BCUT2D eigenvalue weighted by Gasteiger charge is -2.03. The van der Waals surface area contributed by atoms with E-state index in [2.05, 4.69) is 10.4 Å². The zero-order chi connectivity index (χ0) is 12.8. The van der Waals surface area contributed by atoms with E-state index < -0.39 is 11.9 Å². The predicted octanol–water partition coefficient (Wildman–Crippen LogP) is -0.115. The third-order valence-electron chi connectivity index (χ3n) is 2.09. The molecule has 0 aliphatic rings. The summed E-state index contributed by atoms with van der Waals surface area (Å²) in [4.78, 5) is 22.5. The minimum atomic E-state index is -1.22. The molecule has 1 rings (SSSR count). The number of nitrogens with zero attached hydrogens (tertiary/aromatic N) is 2. The number of hydrogen-bond acceptors (Lipinski definition) is 4. The lowest BCUT2D eigenvalue weighted by atomic mass is 10.2. The van der Waals surface area contributed by atoms with Gasteiger partial charge >= 0.3 is 5.97 Å². The SMILES string of the molecule is COCCCNC(=O)c1cn(C)nc1C(=O)O. The van der Waals surface area contributed by atoms with E-state index in [1.54, 1.807) is 14.2 Å². The van der Waals surface area contributed by atoms with Gasteiger partial charge in [0.15, 0.2) is 5.69 Å². The summed E-state index contributed by atoms with van der Waals surface area (Å²) in [5.41, 5.74) is -0.172. The normalized spacial score (nSPS) is 10.2. The molecule has 0 spiro atoms. The number of rotatable bonds is 6. The summed E-state index contributed by atoms with van der Waals surface area (Å²) in [6.07, 6.45) is 2.06. The molecule has 7 nitrogen and oxygen atoms in total. The molecule has 0 bridgehead atoms. The number of carboxylic acids is 1. The van der Waals surface area contributed by atoms with Crippen molar-refractivity contribution < 1.29 is 19.4 Å². The van der Waals surface area contributed by atoms with Crippen LogP contribution in [0.2, 0.25) is 0 Å². The second kappa shape index (κ2) is 6.00. The van der Waals surface area contributed by atoms with E-state index >= 15 is 0 Å². The van der Waals surface area contributed by atoms with Gasteiger partial charge in [0.25, 0.3) is 5.91 Å². The average molecular weight is 241 g/mol. The van der Waals surface area contributed by atoms with Crippen LogP contribution in [-0.2, 0) is 11.8 Å². The Morgan fingerprint density at radius 2 is 2.29 bits per heavy atom. The van der Waals surface area contributed by atoms with Crippen molar-refractivity contribution in [3.8, 4) is 0 Å². The summed E-state index contributed by atoms with van der Waals surface area (Å²) in [5.74, 6) is -1.65. The van der Waals surface area contributed by atoms with Gasteiger partial charge in [-0.1, -0.05) is 0 Å². The molecule has 0 aromatic carbocycles. The number of aromatic carboxylic acids is 1. The lowest BCUT2D eigenvalue weighted by molar-refractivity contribution is 0.0684. The van der Waals surface area contributed by atoms with E-state index in [-0.39, 0.29) is 11.3 Å². The van der Waals surface area contributed by atoms with Gasteiger partial charge in [0, 0.05) is 33.5 Å². The number of carboxylic acid groups (broad SMARTS) is 1. The largest absolute Gasteiger partial charge is 0.476 e. The zero-order valence-electron chi connectivity index (χ0n) is 9.77. The number of amides is 1. The highest BCUT2D eigenvalue weighted by Crippen LogP contribution is 2.06. The van der Waals surface area contributed by atoms with Crippen molar-refractivity contribution in [1.29, 1.82) is 0 Å². The molecule has 17 heavy (non-hydrogen) atoms. The van der Waals surface area contributed by atoms with Gasteiger partial charge in [-0.15, -0.1) is 0 Å². The highest BCUT2D eigenvalue weighted by molar-refractivity contribution is 6.03. The van der Waals surface area contributed by atoms with Crippen LogP contribution in [0.3, 0.4) is 0 Å². The molecule has 0 saturated heterocycles. The van der Waals surface area contributed by atoms with Crippen molar-refractivity contribution in [3.05, 3.63) is 17.5 Å². The Kier molecular flexibility index (Phi) is 4.65. The molecule has 0 aliphatic heterocycles. The molecule has 0 atom stereocenters. The van der Waals surface area contributed by atoms with Gasteiger partial charge in [-0.05, 0) is 6.42 Å². The molecule has 1 amide bonds. The first-order valence-electron chi connectivity index (χ1n) is 5.10. The van der Waals surface area contributed by atoms with Gasteiger partial charge in [0.1, 0.15) is 0 Å². The first-order chi connectivity index (χ1) is 8.06. The van der Waals surface area contributed by atoms with Gasteiger partial charge in [-0.3, -0.25) is 9.48 Å². The van der Waals surface area contributed by atoms with Gasteiger partial charge in [-0.25, -0.2) is 4.79 Å². The van der Waals surface area contributed by atoms with Crippen LogP contribution in [0, 0.1) is 0 Å². The third-order valence-corrected chi connectivity index (χ3v) is 2.09. The van der Waals surface area contributed by atoms with Crippen molar-refractivity contribution >= 4 is 11.9 Å². The van der Waals surface area contributed by atoms with E-state index in [4.69, 9.17) is 9.84 Å². The van der Waals surface area contributed by atoms with Crippen LogP contribution < -0.4 is 5.32 Å². The van der Waals surface area contributed by atoms with Gasteiger partial charge in [0.05, 0.1) is 5.56 Å². The Labute approximate surface area is 98.4 Å². The number of carbonyl (C=O) groups excluding carboxylic acids is 1. The van der Waals surface area contributed by atoms with Crippen LogP contribution >= 0.6 is 0 Å². The molecular formula is C10H15N3O4. The summed E-state index contributed by atoms with van der Waals surface area (Å²) in [6.45, 7) is 0.972. The molecular weight excluding hydrogens is 226 g/mol. The van der Waals surface area contributed by atoms with Crippen molar-refractivity contribution in [2.24, 2.45) is 7.05 Å². The van der Waals surface area contributed by atoms with E-state index in [0.29, 0.717) is 19.6 Å². The number of ether oxygens (including phenoxy) is 1. The van der Waals surface area contributed by atoms with Gasteiger partial charge < -0.3 is 15.2 Å². The Hall–Kier alpha value is -1.89. The summed E-state index contributed by atoms with van der Waals surface area (Å²) in [5, 5.41) is 15.2. The monoisotopic (exact) mass is 241 g/mol. The molecule has 0 radical (unpaired) electrons. The highest BCUT2D eigenvalue weighted by atomic mass is 16.5. The molecule has 7 heteroatoms. The Bertz CT molecular complexity index is 414. The Balaban J connectivity index is 2.65. The fraction of sp³-hybridized carbons (Fsp3) is 0.500. The first kappa shape index (κ1) is 13.2. The van der Waals surface area contributed by atoms with Crippen molar-refractivity contribution in [3.63, 3.8) is 0 Å². The van der Waals surface area contributed by atoms with E-state index in [9.17, 15) is 9.59 Å². The quantitative estimate of drug-likeness (QED) is 0.677.